The Balaban J connectivity index is 0.000000171. The summed E-state index contributed by atoms with van der Waals surface area (Å²) in [5.74, 6) is -0.311. The van der Waals surface area contributed by atoms with Gasteiger partial charge in [-0.3, -0.25) is 0 Å². The summed E-state index contributed by atoms with van der Waals surface area (Å²) in [6, 6.07) is 35.6. The van der Waals surface area contributed by atoms with Crippen molar-refractivity contribution in [2.45, 2.75) is 12.6 Å². The number of nitrogens with zero attached hydrogens (tertiary/aromatic N) is 10. The second-order valence-corrected chi connectivity index (χ2v) is 9.27. The monoisotopic (exact) mass is 590 g/mol. The lowest BCUT2D eigenvalue weighted by Gasteiger charge is -2.18. The molecule has 0 atom stereocenters. The average Bonchev–Trinajstić information content (AvgIpc) is 3.82. The molecule has 6 rings (SSSR count). The molecule has 4 aromatic carbocycles. The van der Waals surface area contributed by atoms with Gasteiger partial charge in [-0.25, -0.2) is 23.7 Å². The van der Waals surface area contributed by atoms with Crippen LogP contribution in [0.2, 0.25) is 0 Å². The first kappa shape index (κ1) is 31.0. The van der Waals surface area contributed by atoms with Crippen LogP contribution in [0.3, 0.4) is 0 Å². The van der Waals surface area contributed by atoms with Gasteiger partial charge in [0.1, 0.15) is 37.2 Å². The molecule has 2 aromatic heterocycles. The van der Waals surface area contributed by atoms with E-state index in [0.29, 0.717) is 28.8 Å². The minimum absolute atomic E-state index is 0.150. The van der Waals surface area contributed by atoms with Crippen LogP contribution in [0.15, 0.2) is 122 Å². The van der Waals surface area contributed by atoms with Gasteiger partial charge in [-0.15, -0.1) is 0 Å². The van der Waals surface area contributed by atoms with Gasteiger partial charge in [0.15, 0.2) is 0 Å². The maximum absolute atomic E-state index is 12.1. The summed E-state index contributed by atoms with van der Waals surface area (Å²) in [5, 5.41) is 42.9. The second kappa shape index (κ2) is 15.9. The van der Waals surface area contributed by atoms with Crippen molar-refractivity contribution in [2.75, 3.05) is 0 Å². The summed E-state index contributed by atoms with van der Waals surface area (Å²) in [5.41, 5.74) is 5.48. The summed E-state index contributed by atoms with van der Waals surface area (Å²) < 4.78 is 15.6. The standard InChI is InChI=1S/C17H11N5.C10H8N4.C7H4FN/c18-9-13-1-5-15(6-2-13)17(22-12-20-11-21-22)16-7-3-14(10-19)4-8-16;11-5-9-1-3-10(4-2-9)6-14-8-12-7-13-14;8-7-3-1-6(5-9)2-4-7/h1-8,11-12,17H;1-4,7-8H,6H2;1-4H. The first-order chi connectivity index (χ1) is 22.0. The smallest absolute Gasteiger partial charge is 0.137 e. The average molecular weight is 591 g/mol. The number of rotatable bonds is 5. The zero-order valence-corrected chi connectivity index (χ0v) is 23.7. The molecule has 0 bridgehead atoms. The van der Waals surface area contributed by atoms with Gasteiger partial charge < -0.3 is 0 Å². The molecule has 0 amide bonds. The van der Waals surface area contributed by atoms with Crippen molar-refractivity contribution < 1.29 is 4.39 Å². The molecule has 0 saturated heterocycles. The normalized spacial score (nSPS) is 9.64. The third-order valence-electron chi connectivity index (χ3n) is 6.28. The van der Waals surface area contributed by atoms with Crippen molar-refractivity contribution in [1.29, 1.82) is 21.0 Å². The predicted octanol–water partition coefficient (Wildman–Crippen LogP) is 5.55. The molecule has 0 aliphatic rings. The largest absolute Gasteiger partial charge is 0.249 e. The number of hydrogen-bond acceptors (Lipinski definition) is 8. The molecule has 10 nitrogen and oxygen atoms in total. The van der Waals surface area contributed by atoms with E-state index in [1.165, 1.54) is 36.9 Å². The maximum atomic E-state index is 12.1. The number of benzene rings is 4. The van der Waals surface area contributed by atoms with Crippen molar-refractivity contribution in [3.63, 3.8) is 0 Å². The summed E-state index contributed by atoms with van der Waals surface area (Å²) in [6.07, 6.45) is 6.31. The molecule has 45 heavy (non-hydrogen) atoms. The van der Waals surface area contributed by atoms with Crippen molar-refractivity contribution in [1.82, 2.24) is 29.5 Å². The van der Waals surface area contributed by atoms with E-state index in [0.717, 1.165) is 16.7 Å². The Labute approximate surface area is 258 Å². The lowest BCUT2D eigenvalue weighted by atomic mass is 9.97. The van der Waals surface area contributed by atoms with Crippen LogP contribution < -0.4 is 0 Å². The molecule has 216 valence electrons. The van der Waals surface area contributed by atoms with E-state index in [1.807, 2.05) is 42.5 Å². The lowest BCUT2D eigenvalue weighted by molar-refractivity contribution is 0.594. The Kier molecular flexibility index (Phi) is 10.9. The first-order valence-electron chi connectivity index (χ1n) is 13.3. The molecule has 0 fully saturated rings. The van der Waals surface area contributed by atoms with Gasteiger partial charge in [0, 0.05) is 0 Å². The Hall–Kier alpha value is -6.95. The summed E-state index contributed by atoms with van der Waals surface area (Å²) >= 11 is 0. The van der Waals surface area contributed by atoms with Crippen LogP contribution >= 0.6 is 0 Å². The fraction of sp³-hybridized carbons (Fsp3) is 0.0588. The number of nitriles is 4. The van der Waals surface area contributed by atoms with Crippen LogP contribution in [-0.2, 0) is 6.54 Å². The van der Waals surface area contributed by atoms with E-state index < -0.39 is 0 Å². The van der Waals surface area contributed by atoms with Gasteiger partial charge in [0.25, 0.3) is 0 Å². The van der Waals surface area contributed by atoms with Crippen molar-refractivity contribution in [2.24, 2.45) is 0 Å². The fourth-order valence-electron chi connectivity index (χ4n) is 4.04. The van der Waals surface area contributed by atoms with Gasteiger partial charge >= 0.3 is 0 Å². The maximum Gasteiger partial charge on any atom is 0.137 e. The Bertz CT molecular complexity index is 1880. The van der Waals surface area contributed by atoms with Crippen molar-refractivity contribution in [3.05, 3.63) is 167 Å². The van der Waals surface area contributed by atoms with Gasteiger partial charge in [-0.05, 0) is 77.4 Å². The van der Waals surface area contributed by atoms with Crippen LogP contribution in [0, 0.1) is 51.1 Å². The number of aromatic nitrogens is 6. The second-order valence-electron chi connectivity index (χ2n) is 9.27. The molecule has 0 unspecified atom stereocenters. The third kappa shape index (κ3) is 9.02. The molecule has 0 spiro atoms. The minimum Gasteiger partial charge on any atom is -0.249 e. The van der Waals surface area contributed by atoms with Gasteiger partial charge in [0.05, 0.1) is 53.1 Å². The molecule has 0 aliphatic heterocycles. The van der Waals surface area contributed by atoms with E-state index in [-0.39, 0.29) is 11.9 Å². The zero-order chi connectivity index (χ0) is 31.9. The molecule has 6 aromatic rings. The molecule has 0 aliphatic carbocycles. The highest BCUT2D eigenvalue weighted by Gasteiger charge is 2.17. The van der Waals surface area contributed by atoms with Crippen LogP contribution in [0.4, 0.5) is 4.39 Å². The van der Waals surface area contributed by atoms with Crippen molar-refractivity contribution >= 4 is 0 Å². The van der Waals surface area contributed by atoms with E-state index in [4.69, 9.17) is 21.0 Å². The molecule has 11 heteroatoms. The van der Waals surface area contributed by atoms with E-state index in [2.05, 4.69) is 38.4 Å². The summed E-state index contributed by atoms with van der Waals surface area (Å²) in [7, 11) is 0. The quantitative estimate of drug-likeness (QED) is 0.253. The van der Waals surface area contributed by atoms with Gasteiger partial charge in [-0.2, -0.15) is 31.2 Å². The Morgan fingerprint density at radius 3 is 1.38 bits per heavy atom. The van der Waals surface area contributed by atoms with E-state index in [1.54, 1.807) is 58.4 Å². The Morgan fingerprint density at radius 1 is 0.556 bits per heavy atom. The molecule has 0 saturated carbocycles. The predicted molar refractivity (Wildman–Crippen MR) is 161 cm³/mol. The highest BCUT2D eigenvalue weighted by molar-refractivity contribution is 5.40. The van der Waals surface area contributed by atoms with Crippen LogP contribution in [0.25, 0.3) is 0 Å². The van der Waals surface area contributed by atoms with Gasteiger partial charge in [-0.1, -0.05) is 36.4 Å². The third-order valence-corrected chi connectivity index (χ3v) is 6.28. The van der Waals surface area contributed by atoms with Gasteiger partial charge in [0.2, 0.25) is 0 Å². The van der Waals surface area contributed by atoms with Crippen LogP contribution in [0.5, 0.6) is 0 Å². The SMILES string of the molecule is N#Cc1ccc(C(c2ccc(C#N)cc2)n2cncn2)cc1.N#Cc1ccc(Cn2cncn2)cc1.N#Cc1ccc(F)cc1. The number of hydrogen-bond donors (Lipinski definition) is 0. The topological polar surface area (TPSA) is 157 Å². The lowest BCUT2D eigenvalue weighted by Crippen LogP contribution is -2.13. The molecule has 2 heterocycles. The fourth-order valence-corrected chi connectivity index (χ4v) is 4.04. The van der Waals surface area contributed by atoms with E-state index >= 15 is 0 Å². The van der Waals surface area contributed by atoms with Crippen LogP contribution in [-0.4, -0.2) is 29.5 Å². The molecular weight excluding hydrogens is 567 g/mol. The first-order valence-corrected chi connectivity index (χ1v) is 13.3. The molecule has 0 radical (unpaired) electrons. The van der Waals surface area contributed by atoms with Crippen molar-refractivity contribution in [3.8, 4) is 24.3 Å². The zero-order valence-electron chi connectivity index (χ0n) is 23.7. The minimum atomic E-state index is -0.311. The number of halogens is 1. The summed E-state index contributed by atoms with van der Waals surface area (Å²) in [6.45, 7) is 0.686. The summed E-state index contributed by atoms with van der Waals surface area (Å²) in [4.78, 5) is 7.86. The Morgan fingerprint density at radius 2 is 0.978 bits per heavy atom. The highest BCUT2D eigenvalue weighted by Crippen LogP contribution is 2.26. The van der Waals surface area contributed by atoms with Crippen LogP contribution in [0.1, 0.15) is 45.0 Å². The molecular formula is C34H23FN10. The highest BCUT2D eigenvalue weighted by atomic mass is 19.1. The van der Waals surface area contributed by atoms with E-state index in [9.17, 15) is 4.39 Å². The molecule has 0 N–H and O–H groups in total.